The maximum Gasteiger partial charge on any atom is 0.335 e. The van der Waals surface area contributed by atoms with Crippen LogP contribution in [0, 0.1) is 28.6 Å². The number of rotatable bonds is 2. The van der Waals surface area contributed by atoms with Gasteiger partial charge in [-0.05, 0) is 86.7 Å². The average molecular weight is 398 g/mol. The summed E-state index contributed by atoms with van der Waals surface area (Å²) in [5.74, 6) is 1.45. The first kappa shape index (κ1) is 18.3. The lowest BCUT2D eigenvalue weighted by atomic mass is 9.44. The van der Waals surface area contributed by atoms with E-state index in [0.717, 1.165) is 56.9 Å². The molecule has 0 radical (unpaired) electrons. The van der Waals surface area contributed by atoms with Crippen molar-refractivity contribution in [3.8, 4) is 0 Å². The minimum atomic E-state index is -0.303. The van der Waals surface area contributed by atoms with Crippen LogP contribution < -0.4 is 5.63 Å². The number of epoxide rings is 1. The molecule has 5 aliphatic rings. The lowest BCUT2D eigenvalue weighted by Crippen LogP contribution is -2.59. The fourth-order valence-corrected chi connectivity index (χ4v) is 8.66. The van der Waals surface area contributed by atoms with Crippen LogP contribution in [0.5, 0.6) is 0 Å². The maximum absolute atomic E-state index is 12.5. The molecular formula is C24H30O5. The number of fused-ring (bicyclic) bond motifs is 3. The van der Waals surface area contributed by atoms with Gasteiger partial charge in [0.05, 0.1) is 18.5 Å². The maximum atomic E-state index is 12.5. The molecule has 1 aliphatic heterocycles. The summed E-state index contributed by atoms with van der Waals surface area (Å²) < 4.78 is 11.7. The molecule has 5 nitrogen and oxygen atoms in total. The van der Waals surface area contributed by atoms with E-state index >= 15 is 0 Å². The van der Waals surface area contributed by atoms with Crippen LogP contribution in [0.1, 0.15) is 69.8 Å². The summed E-state index contributed by atoms with van der Waals surface area (Å²) in [4.78, 5) is 24.0. The number of ether oxygens (including phenoxy) is 1. The van der Waals surface area contributed by atoms with Gasteiger partial charge in [0, 0.05) is 16.9 Å². The largest absolute Gasteiger partial charge is 0.431 e. The number of aliphatic hydroxyl groups excluding tert-OH is 1. The predicted octanol–water partition coefficient (Wildman–Crippen LogP) is 3.44. The zero-order chi connectivity index (χ0) is 20.0. The van der Waals surface area contributed by atoms with Gasteiger partial charge in [-0.2, -0.15) is 0 Å². The monoisotopic (exact) mass is 398 g/mol. The summed E-state index contributed by atoms with van der Waals surface area (Å²) in [7, 11) is 0. The van der Waals surface area contributed by atoms with Gasteiger partial charge in [-0.1, -0.05) is 6.92 Å². The molecule has 0 unspecified atom stereocenters. The van der Waals surface area contributed by atoms with E-state index in [2.05, 4.69) is 6.92 Å². The Morgan fingerprint density at radius 3 is 2.72 bits per heavy atom. The van der Waals surface area contributed by atoms with Gasteiger partial charge < -0.3 is 19.1 Å². The Kier molecular flexibility index (Phi) is 3.68. The minimum absolute atomic E-state index is 0.0177. The molecule has 29 heavy (non-hydrogen) atoms. The number of aliphatic hydroxyl groups is 1. The molecule has 5 fully saturated rings. The number of aldehydes is 1. The number of hydrogen-bond donors (Lipinski definition) is 1. The standard InChI is InChI=1S/C24H30O5/c1-22-8-7-17-18(4-3-15-10-16(26)6-9-23(15,17)13-25)24(22)20(29-24)11-19(22)14-2-5-21(27)28-12-14/h2,5,12-13,15-20,26H,3-4,6-11H2,1H3/t15-,16+,17+,18-,19+,20-,22-,23-,24-/m1/s1. The van der Waals surface area contributed by atoms with Crippen molar-refractivity contribution in [2.75, 3.05) is 0 Å². The van der Waals surface area contributed by atoms with Gasteiger partial charge in [-0.3, -0.25) is 0 Å². The highest BCUT2D eigenvalue weighted by molar-refractivity contribution is 5.62. The Morgan fingerprint density at radius 1 is 1.10 bits per heavy atom. The van der Waals surface area contributed by atoms with E-state index in [1.165, 1.54) is 12.4 Å². The second kappa shape index (κ2) is 5.82. The van der Waals surface area contributed by atoms with Crippen LogP contribution in [0.4, 0.5) is 0 Å². The first-order valence-electron chi connectivity index (χ1n) is 11.4. The molecule has 1 saturated heterocycles. The lowest BCUT2D eigenvalue weighted by molar-refractivity contribution is -0.158. The van der Waals surface area contributed by atoms with Crippen LogP contribution in [0.25, 0.3) is 0 Å². The third-order valence-corrected chi connectivity index (χ3v) is 9.97. The molecule has 0 amide bonds. The zero-order valence-electron chi connectivity index (χ0n) is 17.0. The average Bonchev–Trinajstić information content (AvgIpc) is 3.38. The Morgan fingerprint density at radius 2 is 1.97 bits per heavy atom. The van der Waals surface area contributed by atoms with E-state index in [9.17, 15) is 14.7 Å². The number of hydrogen-bond acceptors (Lipinski definition) is 5. The molecule has 1 N–H and O–H groups in total. The molecule has 4 saturated carbocycles. The smallest absolute Gasteiger partial charge is 0.335 e. The van der Waals surface area contributed by atoms with Crippen LogP contribution >= 0.6 is 0 Å². The summed E-state index contributed by atoms with van der Waals surface area (Å²) in [6.07, 6.45) is 10.5. The summed E-state index contributed by atoms with van der Waals surface area (Å²) in [5, 5.41) is 10.2. The first-order chi connectivity index (χ1) is 13.9. The molecular weight excluding hydrogens is 368 g/mol. The third-order valence-electron chi connectivity index (χ3n) is 9.97. The molecule has 1 aromatic rings. The first-order valence-corrected chi connectivity index (χ1v) is 11.4. The Balaban J connectivity index is 1.37. The summed E-state index contributed by atoms with van der Waals surface area (Å²) in [6.45, 7) is 2.37. The van der Waals surface area contributed by atoms with Crippen LogP contribution in [0.2, 0.25) is 0 Å². The molecule has 9 atom stereocenters. The fourth-order valence-electron chi connectivity index (χ4n) is 8.66. The summed E-state index contributed by atoms with van der Waals surface area (Å²) in [6, 6.07) is 3.46. The van der Waals surface area contributed by atoms with Gasteiger partial charge >= 0.3 is 5.63 Å². The Hall–Kier alpha value is -1.46. The van der Waals surface area contributed by atoms with Crippen molar-refractivity contribution in [3.63, 3.8) is 0 Å². The Bertz CT molecular complexity index is 888. The van der Waals surface area contributed by atoms with Gasteiger partial charge in [-0.15, -0.1) is 0 Å². The van der Waals surface area contributed by atoms with Crippen LogP contribution in [0.3, 0.4) is 0 Å². The zero-order valence-corrected chi connectivity index (χ0v) is 17.0. The summed E-state index contributed by atoms with van der Waals surface area (Å²) >= 11 is 0. The van der Waals surface area contributed by atoms with Crippen LogP contribution in [0.15, 0.2) is 27.6 Å². The van der Waals surface area contributed by atoms with Crippen molar-refractivity contribution in [2.24, 2.45) is 28.6 Å². The van der Waals surface area contributed by atoms with Crippen molar-refractivity contribution in [2.45, 2.75) is 82.0 Å². The van der Waals surface area contributed by atoms with Crippen molar-refractivity contribution in [1.82, 2.24) is 0 Å². The third kappa shape index (κ3) is 2.13. The highest BCUT2D eigenvalue weighted by Crippen LogP contribution is 2.77. The molecule has 1 spiro atoms. The van der Waals surface area contributed by atoms with Crippen LogP contribution in [-0.4, -0.2) is 29.2 Å². The normalized spacial score (nSPS) is 52.6. The molecule has 0 bridgehead atoms. The topological polar surface area (TPSA) is 80.0 Å². The molecule has 0 aromatic carbocycles. The van der Waals surface area contributed by atoms with E-state index in [-0.39, 0.29) is 34.3 Å². The van der Waals surface area contributed by atoms with Gasteiger partial charge in [0.25, 0.3) is 0 Å². The van der Waals surface area contributed by atoms with Crippen molar-refractivity contribution < 1.29 is 19.1 Å². The second-order valence-corrected chi connectivity index (χ2v) is 10.7. The van der Waals surface area contributed by atoms with Gasteiger partial charge in [0.2, 0.25) is 0 Å². The molecule has 2 heterocycles. The molecule has 6 rings (SSSR count). The number of carbonyl (C=O) groups is 1. The van der Waals surface area contributed by atoms with Gasteiger partial charge in [0.15, 0.2) is 0 Å². The molecule has 5 heteroatoms. The quantitative estimate of drug-likeness (QED) is 0.610. The second-order valence-electron chi connectivity index (χ2n) is 10.7. The predicted molar refractivity (Wildman–Crippen MR) is 105 cm³/mol. The molecule has 4 aliphatic carbocycles. The van der Waals surface area contributed by atoms with E-state index in [0.29, 0.717) is 23.7 Å². The Labute approximate surface area is 170 Å². The van der Waals surface area contributed by atoms with Gasteiger partial charge in [0.1, 0.15) is 11.9 Å². The van der Waals surface area contributed by atoms with Crippen molar-refractivity contribution in [3.05, 3.63) is 34.4 Å². The van der Waals surface area contributed by atoms with Gasteiger partial charge in [-0.25, -0.2) is 4.79 Å². The van der Waals surface area contributed by atoms with E-state index in [1.807, 2.05) is 6.07 Å². The lowest BCUT2D eigenvalue weighted by Gasteiger charge is -2.60. The molecule has 156 valence electrons. The molecule has 1 aromatic heterocycles. The van der Waals surface area contributed by atoms with Crippen molar-refractivity contribution in [1.29, 1.82) is 0 Å². The van der Waals surface area contributed by atoms with Crippen LogP contribution in [-0.2, 0) is 9.53 Å². The van der Waals surface area contributed by atoms with E-state index in [4.69, 9.17) is 9.15 Å². The van der Waals surface area contributed by atoms with Crippen molar-refractivity contribution >= 4 is 6.29 Å². The highest BCUT2D eigenvalue weighted by Gasteiger charge is 2.80. The fraction of sp³-hybridized carbons (Fsp3) is 0.750. The van der Waals surface area contributed by atoms with E-state index < -0.39 is 0 Å². The van der Waals surface area contributed by atoms with E-state index in [1.54, 1.807) is 6.26 Å². The SMILES string of the molecule is C[C@]12CC[C@H]3[C@@H](CC[C@@H]4C[C@@H](O)CC[C@@]43C=O)[C@]13O[C@@H]3C[C@H]2c1ccc(=O)oc1. The number of carbonyl (C=O) groups excluding carboxylic acids is 1. The summed E-state index contributed by atoms with van der Waals surface area (Å²) in [5.41, 5.74) is 0.423. The highest BCUT2D eigenvalue weighted by atomic mass is 16.6. The minimum Gasteiger partial charge on any atom is -0.431 e.